The number of halogens is 1. The fourth-order valence-corrected chi connectivity index (χ4v) is 2.42. The Morgan fingerprint density at radius 2 is 1.95 bits per heavy atom. The molecule has 0 saturated carbocycles. The van der Waals surface area contributed by atoms with Crippen LogP contribution in [0.2, 0.25) is 0 Å². The van der Waals surface area contributed by atoms with Gasteiger partial charge >= 0.3 is 5.97 Å². The van der Waals surface area contributed by atoms with Crippen LogP contribution >= 0.6 is 12.4 Å². The van der Waals surface area contributed by atoms with Crippen LogP contribution in [0.15, 0.2) is 24.3 Å². The standard InChI is InChI=1S/C14H19NO3.ClH/c1-17-12-5-3-10(4-6-12)11-7-8-15-13(9-11)14(16)18-2;/h3-6,11,13,15H,7-9H2,1-2H3;1H. The molecular weight excluding hydrogens is 266 g/mol. The Labute approximate surface area is 119 Å². The fraction of sp³-hybridized carbons (Fsp3) is 0.500. The van der Waals surface area contributed by atoms with E-state index in [1.807, 2.05) is 12.1 Å². The molecular formula is C14H20ClNO3. The fourth-order valence-electron chi connectivity index (χ4n) is 2.42. The number of hydrogen-bond donors (Lipinski definition) is 1. The molecule has 2 atom stereocenters. The number of ether oxygens (including phenoxy) is 2. The first-order valence-corrected chi connectivity index (χ1v) is 6.19. The largest absolute Gasteiger partial charge is 0.497 e. The second kappa shape index (κ2) is 7.36. The van der Waals surface area contributed by atoms with Crippen LogP contribution in [0.3, 0.4) is 0 Å². The summed E-state index contributed by atoms with van der Waals surface area (Å²) in [5, 5.41) is 3.19. The molecule has 0 amide bonds. The molecule has 1 aliphatic rings. The van der Waals surface area contributed by atoms with Gasteiger partial charge in [-0.25, -0.2) is 0 Å². The molecule has 1 aromatic carbocycles. The Hall–Kier alpha value is -1.26. The first-order chi connectivity index (χ1) is 8.74. The van der Waals surface area contributed by atoms with Crippen molar-refractivity contribution in [3.05, 3.63) is 29.8 Å². The van der Waals surface area contributed by atoms with E-state index in [2.05, 4.69) is 17.4 Å². The number of carbonyl (C=O) groups excluding carboxylic acids is 1. The van der Waals surface area contributed by atoms with E-state index in [-0.39, 0.29) is 24.4 Å². The van der Waals surface area contributed by atoms with Gasteiger partial charge in [0.15, 0.2) is 0 Å². The number of nitrogens with one attached hydrogen (secondary N) is 1. The van der Waals surface area contributed by atoms with Gasteiger partial charge < -0.3 is 14.8 Å². The van der Waals surface area contributed by atoms with Crippen LogP contribution in [0.4, 0.5) is 0 Å². The van der Waals surface area contributed by atoms with E-state index in [1.54, 1.807) is 7.11 Å². The van der Waals surface area contributed by atoms with Gasteiger partial charge in [0, 0.05) is 0 Å². The molecule has 1 heterocycles. The third-order valence-electron chi connectivity index (χ3n) is 3.48. The highest BCUT2D eigenvalue weighted by atomic mass is 35.5. The lowest BCUT2D eigenvalue weighted by molar-refractivity contribution is -0.143. The molecule has 19 heavy (non-hydrogen) atoms. The van der Waals surface area contributed by atoms with Crippen molar-refractivity contribution in [2.45, 2.75) is 24.8 Å². The first kappa shape index (κ1) is 15.8. The molecule has 0 bridgehead atoms. The van der Waals surface area contributed by atoms with Gasteiger partial charge in [0.2, 0.25) is 0 Å². The van der Waals surface area contributed by atoms with E-state index in [0.29, 0.717) is 5.92 Å². The summed E-state index contributed by atoms with van der Waals surface area (Å²) < 4.78 is 9.94. The van der Waals surface area contributed by atoms with Gasteiger partial charge in [-0.1, -0.05) is 12.1 Å². The third-order valence-corrected chi connectivity index (χ3v) is 3.48. The SMILES string of the molecule is COC(=O)C1CC(c2ccc(OC)cc2)CCN1.Cl. The van der Waals surface area contributed by atoms with Crippen molar-refractivity contribution < 1.29 is 14.3 Å². The predicted octanol–water partition coefficient (Wildman–Crippen LogP) is 2.13. The van der Waals surface area contributed by atoms with Gasteiger partial charge in [0.25, 0.3) is 0 Å². The molecule has 106 valence electrons. The number of hydrogen-bond acceptors (Lipinski definition) is 4. The van der Waals surface area contributed by atoms with Crippen molar-refractivity contribution in [2.75, 3.05) is 20.8 Å². The average molecular weight is 286 g/mol. The molecule has 0 aromatic heterocycles. The molecule has 5 heteroatoms. The highest BCUT2D eigenvalue weighted by Gasteiger charge is 2.28. The van der Waals surface area contributed by atoms with Crippen molar-refractivity contribution in [2.24, 2.45) is 0 Å². The number of carbonyl (C=O) groups is 1. The van der Waals surface area contributed by atoms with Crippen LogP contribution < -0.4 is 10.1 Å². The number of rotatable bonds is 3. The summed E-state index contributed by atoms with van der Waals surface area (Å²) in [4.78, 5) is 11.5. The molecule has 2 unspecified atom stereocenters. The van der Waals surface area contributed by atoms with Crippen LogP contribution in [0.1, 0.15) is 24.3 Å². The lowest BCUT2D eigenvalue weighted by Crippen LogP contribution is -2.43. The predicted molar refractivity (Wildman–Crippen MR) is 76.0 cm³/mol. The maximum absolute atomic E-state index is 11.5. The quantitative estimate of drug-likeness (QED) is 0.865. The zero-order valence-corrected chi connectivity index (χ0v) is 12.0. The zero-order chi connectivity index (χ0) is 13.0. The van der Waals surface area contributed by atoms with Gasteiger partial charge in [-0.3, -0.25) is 4.79 Å². The summed E-state index contributed by atoms with van der Waals surface area (Å²) in [5.74, 6) is 1.09. The molecule has 4 nitrogen and oxygen atoms in total. The maximum Gasteiger partial charge on any atom is 0.322 e. The minimum atomic E-state index is -0.184. The van der Waals surface area contributed by atoms with Crippen LogP contribution in [-0.2, 0) is 9.53 Å². The number of piperidine rings is 1. The van der Waals surface area contributed by atoms with Gasteiger partial charge in [0.1, 0.15) is 11.8 Å². The molecule has 0 aliphatic carbocycles. The van der Waals surface area contributed by atoms with E-state index in [4.69, 9.17) is 9.47 Å². The molecule has 0 radical (unpaired) electrons. The molecule has 1 N–H and O–H groups in total. The van der Waals surface area contributed by atoms with Gasteiger partial charge in [-0.2, -0.15) is 0 Å². The molecule has 0 spiro atoms. The Morgan fingerprint density at radius 3 is 2.53 bits per heavy atom. The van der Waals surface area contributed by atoms with E-state index in [9.17, 15) is 4.79 Å². The van der Waals surface area contributed by atoms with Gasteiger partial charge in [-0.15, -0.1) is 12.4 Å². The number of methoxy groups -OCH3 is 2. The molecule has 1 aliphatic heterocycles. The Morgan fingerprint density at radius 1 is 1.26 bits per heavy atom. The summed E-state index contributed by atoms with van der Waals surface area (Å²) in [7, 11) is 3.09. The van der Waals surface area contributed by atoms with E-state index in [1.165, 1.54) is 12.7 Å². The second-order valence-corrected chi connectivity index (χ2v) is 4.52. The van der Waals surface area contributed by atoms with Crippen LogP contribution in [0, 0.1) is 0 Å². The van der Waals surface area contributed by atoms with Crippen molar-refractivity contribution >= 4 is 18.4 Å². The van der Waals surface area contributed by atoms with E-state index < -0.39 is 0 Å². The van der Waals surface area contributed by atoms with E-state index >= 15 is 0 Å². The monoisotopic (exact) mass is 285 g/mol. The summed E-state index contributed by atoms with van der Waals surface area (Å²) in [5.41, 5.74) is 1.26. The average Bonchev–Trinajstić information content (AvgIpc) is 2.46. The lowest BCUT2D eigenvalue weighted by atomic mass is 9.86. The second-order valence-electron chi connectivity index (χ2n) is 4.52. The first-order valence-electron chi connectivity index (χ1n) is 6.19. The zero-order valence-electron chi connectivity index (χ0n) is 11.2. The minimum absolute atomic E-state index is 0. The smallest absolute Gasteiger partial charge is 0.322 e. The maximum atomic E-state index is 11.5. The van der Waals surface area contributed by atoms with Crippen LogP contribution in [-0.4, -0.2) is 32.8 Å². The van der Waals surface area contributed by atoms with E-state index in [0.717, 1.165) is 25.1 Å². The van der Waals surface area contributed by atoms with Gasteiger partial charge in [-0.05, 0) is 43.0 Å². The Kier molecular flexibility index (Phi) is 6.12. The number of esters is 1. The summed E-state index contributed by atoms with van der Waals surface area (Å²) in [6.07, 6.45) is 1.83. The topological polar surface area (TPSA) is 47.6 Å². The normalized spacial score (nSPS) is 22.2. The molecule has 1 fully saturated rings. The van der Waals surface area contributed by atoms with Crippen molar-refractivity contribution in [1.82, 2.24) is 5.32 Å². The Balaban J connectivity index is 0.00000180. The lowest BCUT2D eigenvalue weighted by Gasteiger charge is -2.29. The Bertz CT molecular complexity index is 408. The van der Waals surface area contributed by atoms with Crippen molar-refractivity contribution in [3.8, 4) is 5.75 Å². The third kappa shape index (κ3) is 3.85. The number of benzene rings is 1. The van der Waals surface area contributed by atoms with Crippen molar-refractivity contribution in [1.29, 1.82) is 0 Å². The van der Waals surface area contributed by atoms with Crippen LogP contribution in [0.25, 0.3) is 0 Å². The molecule has 2 rings (SSSR count). The summed E-state index contributed by atoms with van der Waals surface area (Å²) in [6, 6.07) is 7.89. The van der Waals surface area contributed by atoms with Crippen molar-refractivity contribution in [3.63, 3.8) is 0 Å². The molecule has 1 aromatic rings. The minimum Gasteiger partial charge on any atom is -0.497 e. The van der Waals surface area contributed by atoms with Gasteiger partial charge in [0.05, 0.1) is 14.2 Å². The highest BCUT2D eigenvalue weighted by molar-refractivity contribution is 5.85. The summed E-state index contributed by atoms with van der Waals surface area (Å²) >= 11 is 0. The highest BCUT2D eigenvalue weighted by Crippen LogP contribution is 2.29. The van der Waals surface area contributed by atoms with Crippen LogP contribution in [0.5, 0.6) is 5.75 Å². The molecule has 1 saturated heterocycles. The summed E-state index contributed by atoms with van der Waals surface area (Å²) in [6.45, 7) is 0.844.